The first kappa shape index (κ1) is 21.3. The molecule has 7 heteroatoms. The zero-order valence-electron chi connectivity index (χ0n) is 14.6. The van der Waals surface area contributed by atoms with Gasteiger partial charge < -0.3 is 20.7 Å². The van der Waals surface area contributed by atoms with Crippen LogP contribution in [0.1, 0.15) is 54.4 Å². The second kappa shape index (κ2) is 8.21. The van der Waals surface area contributed by atoms with Gasteiger partial charge in [0.1, 0.15) is 5.60 Å². The van der Waals surface area contributed by atoms with Gasteiger partial charge in [-0.25, -0.2) is 4.79 Å². The molecule has 0 heterocycles. The summed E-state index contributed by atoms with van der Waals surface area (Å²) < 4.78 is 5.43. The fourth-order valence-electron chi connectivity index (χ4n) is 1.83. The molecule has 0 aromatic carbocycles. The lowest BCUT2D eigenvalue weighted by molar-refractivity contribution is 0.0240. The van der Waals surface area contributed by atoms with Crippen LogP contribution in [0.2, 0.25) is 0 Å². The van der Waals surface area contributed by atoms with Crippen LogP contribution in [0.25, 0.3) is 0 Å². The quantitative estimate of drug-likeness (QED) is 0.412. The number of nitrogens with one attached hydrogen (secondary N) is 1. The minimum Gasteiger partial charge on any atom is -0.444 e. The van der Waals surface area contributed by atoms with Gasteiger partial charge in [0, 0.05) is 18.1 Å². The monoisotopic (exact) mass is 426 g/mol. The molecule has 0 saturated heterocycles. The molecule has 0 aliphatic heterocycles. The number of carbonyl (C=O) groups excluding carboxylic acids is 1. The van der Waals surface area contributed by atoms with Gasteiger partial charge in [-0.2, -0.15) is 0 Å². The van der Waals surface area contributed by atoms with Crippen molar-refractivity contribution in [3.63, 3.8) is 0 Å². The minimum atomic E-state index is -0.472. The Morgan fingerprint density at radius 2 is 1.82 bits per heavy atom. The number of carbonyl (C=O) groups is 1. The minimum absolute atomic E-state index is 0. The van der Waals surface area contributed by atoms with E-state index in [1.54, 1.807) is 4.90 Å². The van der Waals surface area contributed by atoms with E-state index in [0.29, 0.717) is 25.1 Å². The molecule has 0 atom stereocenters. The van der Waals surface area contributed by atoms with Crippen molar-refractivity contribution >= 4 is 36.0 Å². The second-order valence-corrected chi connectivity index (χ2v) is 7.55. The van der Waals surface area contributed by atoms with Crippen LogP contribution in [-0.4, -0.2) is 47.2 Å². The van der Waals surface area contributed by atoms with Crippen LogP contribution < -0.4 is 11.1 Å². The van der Waals surface area contributed by atoms with Crippen LogP contribution in [0.3, 0.4) is 0 Å². The molecule has 1 amide bonds. The molecule has 3 N–H and O–H groups in total. The number of hydrogen-bond donors (Lipinski definition) is 2. The molecule has 6 nitrogen and oxygen atoms in total. The number of nitrogens with two attached hydrogens (primary N) is 1. The molecule has 0 spiro atoms. The molecule has 130 valence electrons. The number of guanidine groups is 1. The Morgan fingerprint density at radius 1 is 1.27 bits per heavy atom. The maximum atomic E-state index is 12.2. The second-order valence-electron chi connectivity index (χ2n) is 7.55. The Bertz CT molecular complexity index is 395. The maximum Gasteiger partial charge on any atom is 0.410 e. The summed E-state index contributed by atoms with van der Waals surface area (Å²) in [6.07, 6.45) is 1.82. The van der Waals surface area contributed by atoms with Crippen molar-refractivity contribution in [3.05, 3.63) is 0 Å². The SMILES string of the molecule is CC(C)(C)NC(N)=NCCN(C(=O)OC(C)(C)C)C1CC1.I. The van der Waals surface area contributed by atoms with Crippen molar-refractivity contribution in [1.29, 1.82) is 0 Å². The summed E-state index contributed by atoms with van der Waals surface area (Å²) in [6, 6.07) is 0.298. The van der Waals surface area contributed by atoms with Gasteiger partial charge in [-0.3, -0.25) is 4.99 Å². The van der Waals surface area contributed by atoms with E-state index in [1.165, 1.54) is 0 Å². The number of ether oxygens (including phenoxy) is 1. The molecule has 1 aliphatic carbocycles. The van der Waals surface area contributed by atoms with Gasteiger partial charge >= 0.3 is 6.09 Å². The molecule has 0 aromatic heterocycles. The van der Waals surface area contributed by atoms with Gasteiger partial charge in [0.05, 0.1) is 6.54 Å². The third-order valence-electron chi connectivity index (χ3n) is 2.74. The molecule has 1 saturated carbocycles. The van der Waals surface area contributed by atoms with Crippen LogP contribution in [-0.2, 0) is 4.74 Å². The van der Waals surface area contributed by atoms with Crippen molar-refractivity contribution in [2.24, 2.45) is 10.7 Å². The van der Waals surface area contributed by atoms with Crippen LogP contribution >= 0.6 is 24.0 Å². The van der Waals surface area contributed by atoms with E-state index in [2.05, 4.69) is 10.3 Å². The zero-order chi connectivity index (χ0) is 16.3. The number of rotatable bonds is 4. The summed E-state index contributed by atoms with van der Waals surface area (Å²) in [4.78, 5) is 18.2. The zero-order valence-corrected chi connectivity index (χ0v) is 16.9. The number of halogens is 1. The fourth-order valence-corrected chi connectivity index (χ4v) is 1.83. The first-order chi connectivity index (χ1) is 9.48. The first-order valence-corrected chi connectivity index (χ1v) is 7.56. The summed E-state index contributed by atoms with van der Waals surface area (Å²) in [7, 11) is 0. The topological polar surface area (TPSA) is 80.0 Å². The molecule has 1 rings (SSSR count). The van der Waals surface area contributed by atoms with Gasteiger partial charge in [0.2, 0.25) is 0 Å². The van der Waals surface area contributed by atoms with Gasteiger partial charge in [0.25, 0.3) is 0 Å². The van der Waals surface area contributed by atoms with Gasteiger partial charge in [-0.05, 0) is 54.4 Å². The van der Waals surface area contributed by atoms with Crippen molar-refractivity contribution in [2.75, 3.05) is 13.1 Å². The highest BCUT2D eigenvalue weighted by molar-refractivity contribution is 14.0. The van der Waals surface area contributed by atoms with E-state index in [1.807, 2.05) is 41.5 Å². The summed E-state index contributed by atoms with van der Waals surface area (Å²) in [5, 5.41) is 3.10. The fraction of sp³-hybridized carbons (Fsp3) is 0.867. The lowest BCUT2D eigenvalue weighted by Gasteiger charge is -2.27. The highest BCUT2D eigenvalue weighted by Gasteiger charge is 2.34. The number of hydrogen-bond acceptors (Lipinski definition) is 3. The Morgan fingerprint density at radius 3 is 2.23 bits per heavy atom. The van der Waals surface area contributed by atoms with Crippen molar-refractivity contribution in [2.45, 2.75) is 71.6 Å². The first-order valence-electron chi connectivity index (χ1n) is 7.56. The predicted molar refractivity (Wildman–Crippen MR) is 101 cm³/mol. The number of aliphatic imine (C=N–C) groups is 1. The molecule has 1 fully saturated rings. The highest BCUT2D eigenvalue weighted by atomic mass is 127. The summed E-state index contributed by atoms with van der Waals surface area (Å²) in [5.41, 5.74) is 5.23. The summed E-state index contributed by atoms with van der Waals surface area (Å²) >= 11 is 0. The van der Waals surface area contributed by atoms with E-state index in [-0.39, 0.29) is 35.6 Å². The molecule has 0 unspecified atom stereocenters. The summed E-state index contributed by atoms with van der Waals surface area (Å²) in [6.45, 7) is 12.7. The molecular weight excluding hydrogens is 395 g/mol. The Kier molecular flexibility index (Phi) is 7.94. The van der Waals surface area contributed by atoms with Crippen LogP contribution in [0.4, 0.5) is 4.79 Å². The molecular formula is C15H31IN4O2. The molecule has 1 aliphatic rings. The maximum absolute atomic E-state index is 12.2. The van der Waals surface area contributed by atoms with Crippen LogP contribution in [0.15, 0.2) is 4.99 Å². The molecule has 22 heavy (non-hydrogen) atoms. The molecule has 0 aromatic rings. The van der Waals surface area contributed by atoms with E-state index < -0.39 is 5.60 Å². The van der Waals surface area contributed by atoms with E-state index in [4.69, 9.17) is 10.5 Å². The lowest BCUT2D eigenvalue weighted by Crippen LogP contribution is -2.45. The third-order valence-corrected chi connectivity index (χ3v) is 2.74. The average Bonchev–Trinajstić information content (AvgIpc) is 3.02. The van der Waals surface area contributed by atoms with Crippen molar-refractivity contribution in [3.8, 4) is 0 Å². The number of amides is 1. The average molecular weight is 426 g/mol. The largest absolute Gasteiger partial charge is 0.444 e. The molecule has 0 radical (unpaired) electrons. The van der Waals surface area contributed by atoms with Crippen LogP contribution in [0, 0.1) is 0 Å². The number of nitrogens with zero attached hydrogens (tertiary/aromatic N) is 2. The Hall–Kier alpha value is -0.730. The summed E-state index contributed by atoms with van der Waals surface area (Å²) in [5.74, 6) is 0.405. The Labute approximate surface area is 151 Å². The molecule has 0 bridgehead atoms. The van der Waals surface area contributed by atoms with Crippen molar-refractivity contribution in [1.82, 2.24) is 10.2 Å². The van der Waals surface area contributed by atoms with Gasteiger partial charge in [-0.15, -0.1) is 24.0 Å². The Balaban J connectivity index is 0.00000441. The van der Waals surface area contributed by atoms with E-state index in [0.717, 1.165) is 12.8 Å². The predicted octanol–water partition coefficient (Wildman–Crippen LogP) is 2.71. The highest BCUT2D eigenvalue weighted by Crippen LogP contribution is 2.28. The normalized spacial score (nSPS) is 15.8. The standard InChI is InChI=1S/C15H30N4O2.HI/c1-14(2,3)18-12(16)17-9-10-19(11-7-8-11)13(20)21-15(4,5)6;/h11H,7-10H2,1-6H3,(H3,16,17,18);1H. The smallest absolute Gasteiger partial charge is 0.410 e. The van der Waals surface area contributed by atoms with E-state index >= 15 is 0 Å². The van der Waals surface area contributed by atoms with Gasteiger partial charge in [-0.1, -0.05) is 0 Å². The van der Waals surface area contributed by atoms with Crippen LogP contribution in [0.5, 0.6) is 0 Å². The third kappa shape index (κ3) is 9.32. The van der Waals surface area contributed by atoms with Crippen molar-refractivity contribution < 1.29 is 9.53 Å². The van der Waals surface area contributed by atoms with E-state index in [9.17, 15) is 4.79 Å². The van der Waals surface area contributed by atoms with Gasteiger partial charge in [0.15, 0.2) is 5.96 Å². The lowest BCUT2D eigenvalue weighted by atomic mass is 10.1.